The molecule has 0 saturated heterocycles. The monoisotopic (exact) mass is 474 g/mol. The first-order valence-corrected chi connectivity index (χ1v) is 12.2. The van der Waals surface area contributed by atoms with Crippen molar-refractivity contribution in [3.63, 3.8) is 0 Å². The predicted octanol–water partition coefficient (Wildman–Crippen LogP) is 3.89. The summed E-state index contributed by atoms with van der Waals surface area (Å²) in [5.41, 5.74) is 9.45. The SMILES string of the molecule is CC(C)(N)C(=O)N[C@H](COCc1ccccc1)C(=O)C=Cc1cn(C2CCC3=C2C=CCC3)cn1. The lowest BCUT2D eigenvalue weighted by Gasteiger charge is -2.23. The van der Waals surface area contributed by atoms with Crippen LogP contribution in [0.4, 0.5) is 0 Å². The number of hydrogen-bond donors (Lipinski definition) is 2. The van der Waals surface area contributed by atoms with Crippen molar-refractivity contribution in [3.8, 4) is 0 Å². The van der Waals surface area contributed by atoms with Crippen LogP contribution in [0.25, 0.3) is 6.08 Å². The lowest BCUT2D eigenvalue weighted by molar-refractivity contribution is -0.130. The molecule has 1 aromatic carbocycles. The van der Waals surface area contributed by atoms with Crippen molar-refractivity contribution in [2.45, 2.75) is 63.8 Å². The number of nitrogens with zero attached hydrogens (tertiary/aromatic N) is 2. The number of amides is 1. The zero-order valence-electron chi connectivity index (χ0n) is 20.4. The second-order valence-electron chi connectivity index (χ2n) is 9.78. The van der Waals surface area contributed by atoms with Crippen LogP contribution in [-0.2, 0) is 20.9 Å². The minimum absolute atomic E-state index is 0.0413. The van der Waals surface area contributed by atoms with Crippen LogP contribution in [0.5, 0.6) is 0 Å². The van der Waals surface area contributed by atoms with Crippen molar-refractivity contribution in [3.05, 3.63) is 83.5 Å². The van der Waals surface area contributed by atoms with E-state index in [9.17, 15) is 9.59 Å². The van der Waals surface area contributed by atoms with Crippen molar-refractivity contribution in [2.24, 2.45) is 5.73 Å². The number of imidazole rings is 1. The maximum Gasteiger partial charge on any atom is 0.240 e. The molecule has 1 aromatic heterocycles. The zero-order valence-corrected chi connectivity index (χ0v) is 20.4. The van der Waals surface area contributed by atoms with E-state index in [0.717, 1.165) is 31.2 Å². The summed E-state index contributed by atoms with van der Waals surface area (Å²) in [6, 6.07) is 9.13. The van der Waals surface area contributed by atoms with Crippen LogP contribution in [0, 0.1) is 0 Å². The number of allylic oxidation sites excluding steroid dienone is 4. The maximum absolute atomic E-state index is 13.0. The van der Waals surface area contributed by atoms with Crippen molar-refractivity contribution < 1.29 is 14.3 Å². The number of hydrogen-bond acceptors (Lipinski definition) is 5. The molecule has 35 heavy (non-hydrogen) atoms. The highest BCUT2D eigenvalue weighted by Crippen LogP contribution is 2.40. The lowest BCUT2D eigenvalue weighted by atomic mass is 9.99. The van der Waals surface area contributed by atoms with Gasteiger partial charge in [0.1, 0.15) is 6.04 Å². The molecule has 184 valence electrons. The van der Waals surface area contributed by atoms with Gasteiger partial charge in [0, 0.05) is 6.20 Å². The van der Waals surface area contributed by atoms with Crippen LogP contribution in [-0.4, -0.2) is 39.4 Å². The number of nitrogens with one attached hydrogen (secondary N) is 1. The smallest absolute Gasteiger partial charge is 0.240 e. The number of carbonyl (C=O) groups is 2. The maximum atomic E-state index is 13.0. The number of benzene rings is 1. The Hall–Kier alpha value is -3.29. The summed E-state index contributed by atoms with van der Waals surface area (Å²) >= 11 is 0. The van der Waals surface area contributed by atoms with Crippen molar-refractivity contribution in [2.75, 3.05) is 6.61 Å². The number of nitrogens with two attached hydrogens (primary N) is 1. The first kappa shape index (κ1) is 24.8. The molecule has 0 spiro atoms. The van der Waals surface area contributed by atoms with Gasteiger partial charge in [-0.3, -0.25) is 9.59 Å². The fourth-order valence-corrected chi connectivity index (χ4v) is 4.42. The van der Waals surface area contributed by atoms with Gasteiger partial charge in [-0.05, 0) is 62.8 Å². The number of aromatic nitrogens is 2. The number of ether oxygens (including phenoxy) is 1. The second-order valence-corrected chi connectivity index (χ2v) is 9.78. The van der Waals surface area contributed by atoms with Gasteiger partial charge in [0.2, 0.25) is 5.91 Å². The van der Waals surface area contributed by atoms with Gasteiger partial charge in [-0.2, -0.15) is 0 Å². The van der Waals surface area contributed by atoms with Gasteiger partial charge in [0.25, 0.3) is 0 Å². The molecule has 2 atom stereocenters. The van der Waals surface area contributed by atoms with Crippen molar-refractivity contribution >= 4 is 17.8 Å². The van der Waals surface area contributed by atoms with E-state index in [-0.39, 0.29) is 12.4 Å². The van der Waals surface area contributed by atoms with E-state index in [4.69, 9.17) is 10.5 Å². The van der Waals surface area contributed by atoms with E-state index >= 15 is 0 Å². The molecule has 1 unspecified atom stereocenters. The van der Waals surface area contributed by atoms with Crippen LogP contribution in [0.1, 0.15) is 56.8 Å². The van der Waals surface area contributed by atoms with Gasteiger partial charge < -0.3 is 20.4 Å². The van der Waals surface area contributed by atoms with Crippen LogP contribution in [0.15, 0.2) is 72.2 Å². The molecular formula is C28H34N4O3. The molecule has 0 bridgehead atoms. The topological polar surface area (TPSA) is 99.2 Å². The first-order chi connectivity index (χ1) is 16.8. The summed E-state index contributed by atoms with van der Waals surface area (Å²) < 4.78 is 7.88. The standard InChI is InChI=1S/C28H34N4O3/c1-28(2,29)27(34)31-24(18-35-17-20-8-4-3-5-9-20)26(33)15-13-22-16-32(19-30-22)25-14-12-21-10-6-7-11-23(21)25/h3-5,7-9,11,13,15-16,19,24-25H,6,10,12,14,17-18,29H2,1-2H3,(H,31,34)/t24-,25?/m1/s1. The van der Waals surface area contributed by atoms with Crippen LogP contribution in [0.2, 0.25) is 0 Å². The Labute approximate surface area is 206 Å². The Morgan fingerprint density at radius 3 is 2.86 bits per heavy atom. The van der Waals surface area contributed by atoms with Gasteiger partial charge in [-0.15, -0.1) is 0 Å². The van der Waals surface area contributed by atoms with E-state index in [1.165, 1.54) is 11.6 Å². The summed E-state index contributed by atoms with van der Waals surface area (Å²) in [5.74, 6) is -0.686. The van der Waals surface area contributed by atoms with E-state index in [1.54, 1.807) is 25.5 Å². The Morgan fingerprint density at radius 2 is 2.09 bits per heavy atom. The van der Waals surface area contributed by atoms with Crippen molar-refractivity contribution in [1.82, 2.24) is 14.9 Å². The summed E-state index contributed by atoms with van der Waals surface area (Å²) in [5, 5.41) is 2.73. The lowest BCUT2D eigenvalue weighted by Crippen LogP contribution is -2.55. The minimum atomic E-state index is -1.11. The molecule has 1 heterocycles. The zero-order chi connectivity index (χ0) is 24.8. The molecule has 1 amide bonds. The van der Waals surface area contributed by atoms with Gasteiger partial charge in [-0.1, -0.05) is 48.1 Å². The molecular weight excluding hydrogens is 440 g/mol. The Balaban J connectivity index is 1.41. The largest absolute Gasteiger partial charge is 0.374 e. The van der Waals surface area contributed by atoms with E-state index < -0.39 is 17.5 Å². The predicted molar refractivity (Wildman–Crippen MR) is 136 cm³/mol. The highest BCUT2D eigenvalue weighted by Gasteiger charge is 2.28. The summed E-state index contributed by atoms with van der Waals surface area (Å²) in [7, 11) is 0. The normalized spacial score (nSPS) is 18.7. The molecule has 0 aliphatic heterocycles. The van der Waals surface area contributed by atoms with Crippen LogP contribution >= 0.6 is 0 Å². The average molecular weight is 475 g/mol. The molecule has 2 aliphatic rings. The Morgan fingerprint density at radius 1 is 1.29 bits per heavy atom. The third-order valence-electron chi connectivity index (χ3n) is 6.43. The summed E-state index contributed by atoms with van der Waals surface area (Å²) in [6.07, 6.45) is 15.9. The minimum Gasteiger partial charge on any atom is -0.374 e. The fourth-order valence-electron chi connectivity index (χ4n) is 4.42. The van der Waals surface area contributed by atoms with E-state index in [0.29, 0.717) is 18.3 Å². The molecule has 0 saturated carbocycles. The molecule has 2 aliphatic carbocycles. The number of carbonyl (C=O) groups excluding carboxylic acids is 2. The van der Waals surface area contributed by atoms with Crippen LogP contribution < -0.4 is 11.1 Å². The molecule has 0 fully saturated rings. The molecule has 7 nitrogen and oxygen atoms in total. The van der Waals surface area contributed by atoms with Gasteiger partial charge in [0.15, 0.2) is 5.78 Å². The molecule has 2 aromatic rings. The van der Waals surface area contributed by atoms with E-state index in [1.807, 2.05) is 42.9 Å². The number of rotatable bonds is 10. The molecule has 0 radical (unpaired) electrons. The summed E-state index contributed by atoms with van der Waals surface area (Å²) in [6.45, 7) is 3.58. The van der Waals surface area contributed by atoms with Gasteiger partial charge in [0.05, 0.1) is 36.8 Å². The molecule has 4 rings (SSSR count). The second kappa shape index (κ2) is 11.0. The van der Waals surface area contributed by atoms with Crippen LogP contribution in [0.3, 0.4) is 0 Å². The van der Waals surface area contributed by atoms with Gasteiger partial charge in [-0.25, -0.2) is 4.98 Å². The Kier molecular flexibility index (Phi) is 7.78. The first-order valence-electron chi connectivity index (χ1n) is 12.2. The highest BCUT2D eigenvalue weighted by molar-refractivity contribution is 6.00. The third-order valence-corrected chi connectivity index (χ3v) is 6.43. The third kappa shape index (κ3) is 6.44. The van der Waals surface area contributed by atoms with Gasteiger partial charge >= 0.3 is 0 Å². The molecule has 3 N–H and O–H groups in total. The summed E-state index contributed by atoms with van der Waals surface area (Å²) in [4.78, 5) is 29.9. The highest BCUT2D eigenvalue weighted by atomic mass is 16.5. The van der Waals surface area contributed by atoms with E-state index in [2.05, 4.69) is 27.0 Å². The fraction of sp³-hybridized carbons (Fsp3) is 0.393. The number of ketones is 1. The Bertz CT molecular complexity index is 1140. The average Bonchev–Trinajstić information content (AvgIpc) is 3.48. The molecule has 7 heteroatoms. The van der Waals surface area contributed by atoms with Crippen molar-refractivity contribution in [1.29, 1.82) is 0 Å². The quantitative estimate of drug-likeness (QED) is 0.509.